The topological polar surface area (TPSA) is 66.8 Å². The van der Waals surface area contributed by atoms with Gasteiger partial charge in [-0.1, -0.05) is 67.6 Å². The third-order valence-electron chi connectivity index (χ3n) is 3.88. The predicted octanol–water partition coefficient (Wildman–Crippen LogP) is 4.34. The van der Waals surface area contributed by atoms with Gasteiger partial charge in [0.2, 0.25) is 0 Å². The molecule has 0 saturated heterocycles. The summed E-state index contributed by atoms with van der Waals surface area (Å²) in [5, 5.41) is 0. The average Bonchev–Trinajstić information content (AvgIpc) is 2.54. The van der Waals surface area contributed by atoms with Crippen molar-refractivity contribution in [3.63, 3.8) is 0 Å². The Kier molecular flexibility index (Phi) is 6.55. The summed E-state index contributed by atoms with van der Waals surface area (Å²) < 4.78 is 15.4. The molecule has 0 radical (unpaired) electrons. The van der Waals surface area contributed by atoms with Crippen molar-refractivity contribution in [2.45, 2.75) is 25.7 Å². The highest BCUT2D eigenvalue weighted by atomic mass is 31.2. The molecule has 1 atom stereocenters. The fourth-order valence-electron chi connectivity index (χ4n) is 2.66. The highest BCUT2D eigenvalue weighted by molar-refractivity contribution is 7.46. The molecule has 23 heavy (non-hydrogen) atoms. The van der Waals surface area contributed by atoms with Crippen LogP contribution in [0.4, 0.5) is 0 Å². The summed E-state index contributed by atoms with van der Waals surface area (Å²) in [6.07, 6.45) is 1.73. The van der Waals surface area contributed by atoms with Crippen molar-refractivity contribution < 1.29 is 18.9 Å². The van der Waals surface area contributed by atoms with Crippen molar-refractivity contribution in [3.8, 4) is 0 Å². The lowest BCUT2D eigenvalue weighted by Crippen LogP contribution is -2.08. The lowest BCUT2D eigenvalue weighted by molar-refractivity contribution is 0.168. The van der Waals surface area contributed by atoms with Crippen LogP contribution in [0.15, 0.2) is 60.7 Å². The molecule has 2 rings (SSSR count). The maximum Gasteiger partial charge on any atom is 0.469 e. The van der Waals surface area contributed by atoms with Crippen LogP contribution in [-0.4, -0.2) is 16.4 Å². The molecule has 2 N–H and O–H groups in total. The fraction of sp³-hybridized carbons (Fsp3) is 0.333. The number of phosphoric acid groups is 1. The van der Waals surface area contributed by atoms with E-state index in [1.54, 1.807) is 0 Å². The zero-order chi connectivity index (χ0) is 16.7. The van der Waals surface area contributed by atoms with E-state index in [1.165, 1.54) is 11.1 Å². The Morgan fingerprint density at radius 3 is 1.83 bits per heavy atom. The normalized spacial score (nSPS) is 13.2. The molecule has 2 aromatic rings. The van der Waals surface area contributed by atoms with Crippen LogP contribution < -0.4 is 0 Å². The monoisotopic (exact) mass is 334 g/mol. The standard InChI is InChI=1S/C18H23O4P/c1-15(14-22-23(19,20)21)12-13-18(16-8-4-2-5-9-16)17-10-6-3-7-11-17/h2-11,15,18H,12-14H2,1H3,(H2,19,20,21). The molecule has 2 aromatic carbocycles. The number of rotatable bonds is 8. The first kappa shape index (κ1) is 17.9. The summed E-state index contributed by atoms with van der Waals surface area (Å²) in [4.78, 5) is 17.6. The Labute approximate surface area is 137 Å². The van der Waals surface area contributed by atoms with Gasteiger partial charge in [0.15, 0.2) is 0 Å². The van der Waals surface area contributed by atoms with Gasteiger partial charge in [0, 0.05) is 5.92 Å². The van der Waals surface area contributed by atoms with Crippen LogP contribution >= 0.6 is 7.82 Å². The van der Waals surface area contributed by atoms with Crippen molar-refractivity contribution in [1.82, 2.24) is 0 Å². The van der Waals surface area contributed by atoms with Gasteiger partial charge in [-0.25, -0.2) is 4.57 Å². The largest absolute Gasteiger partial charge is 0.469 e. The minimum Gasteiger partial charge on any atom is -0.303 e. The van der Waals surface area contributed by atoms with Crippen LogP contribution in [0.5, 0.6) is 0 Å². The lowest BCUT2D eigenvalue weighted by atomic mass is 9.85. The van der Waals surface area contributed by atoms with Crippen molar-refractivity contribution in [3.05, 3.63) is 71.8 Å². The van der Waals surface area contributed by atoms with Gasteiger partial charge in [-0.05, 0) is 29.9 Å². The number of benzene rings is 2. The minimum atomic E-state index is -4.38. The van der Waals surface area contributed by atoms with E-state index in [0.29, 0.717) is 0 Å². The van der Waals surface area contributed by atoms with E-state index in [-0.39, 0.29) is 18.4 Å². The van der Waals surface area contributed by atoms with Gasteiger partial charge < -0.3 is 9.79 Å². The van der Waals surface area contributed by atoms with Gasteiger partial charge in [-0.15, -0.1) is 0 Å². The fourth-order valence-corrected chi connectivity index (χ4v) is 3.10. The summed E-state index contributed by atoms with van der Waals surface area (Å²) in [5.41, 5.74) is 2.50. The molecule has 0 aliphatic rings. The van der Waals surface area contributed by atoms with Gasteiger partial charge >= 0.3 is 7.82 Å². The summed E-state index contributed by atoms with van der Waals surface area (Å²) in [7, 11) is -4.38. The third-order valence-corrected chi connectivity index (χ3v) is 4.36. The average molecular weight is 334 g/mol. The van der Waals surface area contributed by atoms with Crippen molar-refractivity contribution >= 4 is 7.82 Å². The Hall–Kier alpha value is -1.45. The quantitative estimate of drug-likeness (QED) is 0.705. The van der Waals surface area contributed by atoms with Crippen LogP contribution in [0.3, 0.4) is 0 Å². The Balaban J connectivity index is 2.03. The van der Waals surface area contributed by atoms with Crippen LogP contribution in [-0.2, 0) is 9.09 Å². The van der Waals surface area contributed by atoms with E-state index >= 15 is 0 Å². The maximum atomic E-state index is 10.8. The van der Waals surface area contributed by atoms with E-state index in [1.807, 2.05) is 43.3 Å². The van der Waals surface area contributed by atoms with Crippen molar-refractivity contribution in [2.75, 3.05) is 6.61 Å². The Morgan fingerprint density at radius 1 is 0.913 bits per heavy atom. The Morgan fingerprint density at radius 2 is 1.39 bits per heavy atom. The third kappa shape index (κ3) is 6.28. The lowest BCUT2D eigenvalue weighted by Gasteiger charge is -2.20. The van der Waals surface area contributed by atoms with E-state index in [0.717, 1.165) is 12.8 Å². The minimum absolute atomic E-state index is 0.0700. The molecule has 0 aliphatic heterocycles. The summed E-state index contributed by atoms with van der Waals surface area (Å²) >= 11 is 0. The molecule has 0 aliphatic carbocycles. The SMILES string of the molecule is CC(CCC(c1ccccc1)c1ccccc1)COP(=O)(O)O. The molecule has 0 spiro atoms. The second kappa shape index (κ2) is 8.42. The van der Waals surface area contributed by atoms with Crippen LogP contribution in [0, 0.1) is 5.92 Å². The molecule has 0 fully saturated rings. The van der Waals surface area contributed by atoms with Gasteiger partial charge in [-0.3, -0.25) is 4.52 Å². The second-order valence-corrected chi connectivity index (χ2v) is 7.08. The number of hydrogen-bond acceptors (Lipinski definition) is 2. The molecular weight excluding hydrogens is 311 g/mol. The van der Waals surface area contributed by atoms with E-state index in [9.17, 15) is 4.57 Å². The van der Waals surface area contributed by atoms with Gasteiger partial charge in [-0.2, -0.15) is 0 Å². The molecule has 0 amide bonds. The van der Waals surface area contributed by atoms with Gasteiger partial charge in [0.25, 0.3) is 0 Å². The number of phosphoric ester groups is 1. The van der Waals surface area contributed by atoms with Crippen LogP contribution in [0.2, 0.25) is 0 Å². The molecule has 0 saturated carbocycles. The first-order valence-corrected chi connectivity index (χ1v) is 9.28. The maximum absolute atomic E-state index is 10.8. The smallest absolute Gasteiger partial charge is 0.303 e. The Bertz CT molecular complexity index is 584. The molecule has 0 aromatic heterocycles. The number of hydrogen-bond donors (Lipinski definition) is 2. The van der Waals surface area contributed by atoms with Crippen molar-refractivity contribution in [1.29, 1.82) is 0 Å². The first-order chi connectivity index (χ1) is 11.0. The van der Waals surface area contributed by atoms with E-state index < -0.39 is 7.82 Å². The van der Waals surface area contributed by atoms with E-state index in [2.05, 4.69) is 28.8 Å². The summed E-state index contributed by atoms with van der Waals surface area (Å²) in [6.45, 7) is 2.02. The molecule has 124 valence electrons. The molecular formula is C18H23O4P. The molecule has 0 heterocycles. The van der Waals surface area contributed by atoms with Crippen LogP contribution in [0.25, 0.3) is 0 Å². The van der Waals surface area contributed by atoms with Crippen LogP contribution in [0.1, 0.15) is 36.8 Å². The summed E-state index contributed by atoms with van der Waals surface area (Å²) in [5.74, 6) is 0.354. The van der Waals surface area contributed by atoms with Crippen molar-refractivity contribution in [2.24, 2.45) is 5.92 Å². The van der Waals surface area contributed by atoms with Gasteiger partial charge in [0.1, 0.15) is 0 Å². The molecule has 1 unspecified atom stereocenters. The molecule has 4 nitrogen and oxygen atoms in total. The highest BCUT2D eigenvalue weighted by Crippen LogP contribution is 2.37. The second-order valence-electron chi connectivity index (χ2n) is 5.84. The summed E-state index contributed by atoms with van der Waals surface area (Å²) in [6, 6.07) is 20.6. The van der Waals surface area contributed by atoms with E-state index in [4.69, 9.17) is 9.79 Å². The first-order valence-electron chi connectivity index (χ1n) is 7.75. The van der Waals surface area contributed by atoms with Gasteiger partial charge in [0.05, 0.1) is 6.61 Å². The highest BCUT2D eigenvalue weighted by Gasteiger charge is 2.18. The zero-order valence-corrected chi connectivity index (χ0v) is 14.1. The molecule has 5 heteroatoms. The predicted molar refractivity (Wildman–Crippen MR) is 91.1 cm³/mol. The zero-order valence-electron chi connectivity index (χ0n) is 13.2. The molecule has 0 bridgehead atoms.